The summed E-state index contributed by atoms with van der Waals surface area (Å²) < 4.78 is 1.98. The number of likely N-dealkylation sites (tertiary alicyclic amines) is 1. The van der Waals surface area contributed by atoms with E-state index >= 15 is 0 Å². The van der Waals surface area contributed by atoms with Crippen molar-refractivity contribution in [2.45, 2.75) is 63.8 Å². The van der Waals surface area contributed by atoms with Gasteiger partial charge in [-0.25, -0.2) is 0 Å². The second-order valence-corrected chi connectivity index (χ2v) is 6.22. The van der Waals surface area contributed by atoms with Gasteiger partial charge in [-0.1, -0.05) is 18.7 Å². The summed E-state index contributed by atoms with van der Waals surface area (Å²) in [5.41, 5.74) is 5.64. The molecule has 1 aliphatic rings. The lowest BCUT2D eigenvalue weighted by Gasteiger charge is -2.35. The third-order valence-corrected chi connectivity index (χ3v) is 4.99. The lowest BCUT2D eigenvalue weighted by molar-refractivity contribution is -0.132. The fourth-order valence-corrected chi connectivity index (χ4v) is 3.76. The quantitative estimate of drug-likeness (QED) is 0.808. The monoisotopic (exact) mass is 311 g/mol. The predicted octanol–water partition coefficient (Wildman–Crippen LogP) is 1.64. The van der Waals surface area contributed by atoms with Gasteiger partial charge in [0.2, 0.25) is 5.91 Å². The van der Waals surface area contributed by atoms with Crippen molar-refractivity contribution >= 4 is 17.7 Å². The number of hydrogen-bond donors (Lipinski definition) is 1. The van der Waals surface area contributed by atoms with E-state index in [1.165, 1.54) is 18.2 Å². The van der Waals surface area contributed by atoms with Crippen LogP contribution in [0.25, 0.3) is 0 Å². The molecule has 1 saturated heterocycles. The number of nitrogens with two attached hydrogens (primary N) is 1. The summed E-state index contributed by atoms with van der Waals surface area (Å²) in [6.07, 6.45) is 4.53. The summed E-state index contributed by atoms with van der Waals surface area (Å²) in [6.45, 7) is 6.24. The SMILES string of the molecule is CCC1CCCCN1C(=O)CSc1nnc(CN)n1CC. The Labute approximate surface area is 130 Å². The number of hydrogen-bond acceptors (Lipinski definition) is 5. The second kappa shape index (κ2) is 7.79. The van der Waals surface area contributed by atoms with Crippen LogP contribution < -0.4 is 5.73 Å². The third kappa shape index (κ3) is 3.77. The van der Waals surface area contributed by atoms with E-state index in [1.807, 2.05) is 16.4 Å². The first-order valence-corrected chi connectivity index (χ1v) is 8.74. The molecular formula is C14H25N5OS. The van der Waals surface area contributed by atoms with Crippen LogP contribution >= 0.6 is 11.8 Å². The van der Waals surface area contributed by atoms with Crippen LogP contribution in [-0.2, 0) is 17.9 Å². The lowest BCUT2D eigenvalue weighted by atomic mass is 10.0. The lowest BCUT2D eigenvalue weighted by Crippen LogP contribution is -2.44. The first kappa shape index (κ1) is 16.3. The second-order valence-electron chi connectivity index (χ2n) is 5.28. The number of aromatic nitrogens is 3. The maximum absolute atomic E-state index is 12.4. The Morgan fingerprint density at radius 3 is 2.86 bits per heavy atom. The van der Waals surface area contributed by atoms with Crippen molar-refractivity contribution < 1.29 is 4.79 Å². The molecule has 0 radical (unpaired) electrons. The summed E-state index contributed by atoms with van der Waals surface area (Å²) in [6, 6.07) is 0.412. The Morgan fingerprint density at radius 2 is 2.19 bits per heavy atom. The molecule has 0 spiro atoms. The maximum Gasteiger partial charge on any atom is 0.233 e. The van der Waals surface area contributed by atoms with Gasteiger partial charge >= 0.3 is 0 Å². The minimum atomic E-state index is 0.214. The molecule has 0 aliphatic carbocycles. The van der Waals surface area contributed by atoms with Gasteiger partial charge in [0.15, 0.2) is 5.16 Å². The molecule has 2 N–H and O–H groups in total. The minimum Gasteiger partial charge on any atom is -0.339 e. The maximum atomic E-state index is 12.4. The number of rotatable bonds is 6. The number of piperidine rings is 1. The Kier molecular flexibility index (Phi) is 6.05. The molecule has 7 heteroatoms. The van der Waals surface area contributed by atoms with Gasteiger partial charge in [0.25, 0.3) is 0 Å². The molecule has 0 bridgehead atoms. The standard InChI is InChI=1S/C14H25N5OS/c1-3-11-7-5-6-8-19(11)13(20)10-21-14-17-16-12(9-15)18(14)4-2/h11H,3-10,15H2,1-2H3. The molecule has 1 aliphatic heterocycles. The zero-order valence-electron chi connectivity index (χ0n) is 12.9. The molecule has 2 heterocycles. The van der Waals surface area contributed by atoms with E-state index in [0.717, 1.165) is 43.3 Å². The average Bonchev–Trinajstić information content (AvgIpc) is 2.94. The van der Waals surface area contributed by atoms with Crippen LogP contribution in [0, 0.1) is 0 Å². The summed E-state index contributed by atoms with van der Waals surface area (Å²) in [5.74, 6) is 1.42. The van der Waals surface area contributed by atoms with Crippen molar-refractivity contribution in [1.82, 2.24) is 19.7 Å². The molecular weight excluding hydrogens is 286 g/mol. The van der Waals surface area contributed by atoms with Crippen molar-refractivity contribution in [3.63, 3.8) is 0 Å². The molecule has 1 unspecified atom stereocenters. The third-order valence-electron chi connectivity index (χ3n) is 4.04. The molecule has 0 saturated carbocycles. The smallest absolute Gasteiger partial charge is 0.233 e. The predicted molar refractivity (Wildman–Crippen MR) is 84.0 cm³/mol. The normalized spacial score (nSPS) is 19.0. The van der Waals surface area contributed by atoms with Crippen LogP contribution in [0.3, 0.4) is 0 Å². The summed E-state index contributed by atoms with van der Waals surface area (Å²) >= 11 is 1.46. The van der Waals surface area contributed by atoms with Gasteiger partial charge < -0.3 is 15.2 Å². The zero-order chi connectivity index (χ0) is 15.2. The van der Waals surface area contributed by atoms with E-state index in [4.69, 9.17) is 5.73 Å². The molecule has 21 heavy (non-hydrogen) atoms. The fraction of sp³-hybridized carbons (Fsp3) is 0.786. The van der Waals surface area contributed by atoms with E-state index in [9.17, 15) is 4.79 Å². The Hall–Kier alpha value is -1.08. The Balaban J connectivity index is 1.95. The van der Waals surface area contributed by atoms with E-state index in [-0.39, 0.29) is 5.91 Å². The molecule has 1 amide bonds. The number of nitrogens with zero attached hydrogens (tertiary/aromatic N) is 4. The number of amides is 1. The molecule has 1 aromatic rings. The van der Waals surface area contributed by atoms with Crippen LogP contribution in [0.2, 0.25) is 0 Å². The minimum absolute atomic E-state index is 0.214. The number of carbonyl (C=O) groups is 1. The zero-order valence-corrected chi connectivity index (χ0v) is 13.7. The van der Waals surface area contributed by atoms with Gasteiger partial charge in [0.05, 0.1) is 12.3 Å². The van der Waals surface area contributed by atoms with Gasteiger partial charge in [-0.3, -0.25) is 4.79 Å². The van der Waals surface area contributed by atoms with Crippen LogP contribution in [0.15, 0.2) is 5.16 Å². The van der Waals surface area contributed by atoms with Crippen molar-refractivity contribution in [3.05, 3.63) is 5.82 Å². The molecule has 2 rings (SSSR count). The topological polar surface area (TPSA) is 77.0 Å². The molecule has 1 aromatic heterocycles. The number of carbonyl (C=O) groups excluding carboxylic acids is 1. The fourth-order valence-electron chi connectivity index (χ4n) is 2.86. The van der Waals surface area contributed by atoms with E-state index in [2.05, 4.69) is 17.1 Å². The molecule has 1 fully saturated rings. The van der Waals surface area contributed by atoms with Crippen molar-refractivity contribution in [3.8, 4) is 0 Å². The van der Waals surface area contributed by atoms with Crippen LogP contribution in [0.5, 0.6) is 0 Å². The van der Waals surface area contributed by atoms with Crippen LogP contribution in [0.4, 0.5) is 0 Å². The average molecular weight is 311 g/mol. The van der Waals surface area contributed by atoms with Crippen LogP contribution in [-0.4, -0.2) is 43.9 Å². The van der Waals surface area contributed by atoms with E-state index < -0.39 is 0 Å². The first-order valence-electron chi connectivity index (χ1n) is 7.75. The van der Waals surface area contributed by atoms with Crippen LogP contribution in [0.1, 0.15) is 45.4 Å². The molecule has 118 valence electrons. The van der Waals surface area contributed by atoms with Crippen molar-refractivity contribution in [1.29, 1.82) is 0 Å². The Morgan fingerprint density at radius 1 is 1.38 bits per heavy atom. The highest BCUT2D eigenvalue weighted by atomic mass is 32.2. The van der Waals surface area contributed by atoms with Gasteiger partial charge in [-0.05, 0) is 32.6 Å². The van der Waals surface area contributed by atoms with E-state index in [1.54, 1.807) is 0 Å². The molecule has 0 aromatic carbocycles. The highest BCUT2D eigenvalue weighted by molar-refractivity contribution is 7.99. The van der Waals surface area contributed by atoms with Gasteiger partial charge in [0.1, 0.15) is 5.82 Å². The van der Waals surface area contributed by atoms with Gasteiger partial charge in [-0.2, -0.15) is 0 Å². The van der Waals surface area contributed by atoms with E-state index in [0.29, 0.717) is 18.3 Å². The van der Waals surface area contributed by atoms with Crippen molar-refractivity contribution in [2.24, 2.45) is 5.73 Å². The molecule has 1 atom stereocenters. The summed E-state index contributed by atoms with van der Waals surface area (Å²) in [5, 5.41) is 9.00. The summed E-state index contributed by atoms with van der Waals surface area (Å²) in [4.78, 5) is 14.5. The summed E-state index contributed by atoms with van der Waals surface area (Å²) in [7, 11) is 0. The first-order chi connectivity index (χ1) is 10.2. The highest BCUT2D eigenvalue weighted by Gasteiger charge is 2.25. The molecule has 6 nitrogen and oxygen atoms in total. The largest absolute Gasteiger partial charge is 0.339 e. The Bertz CT molecular complexity index is 476. The van der Waals surface area contributed by atoms with Gasteiger partial charge in [-0.15, -0.1) is 10.2 Å². The van der Waals surface area contributed by atoms with Gasteiger partial charge in [0, 0.05) is 19.1 Å². The highest BCUT2D eigenvalue weighted by Crippen LogP contribution is 2.23. The number of thioether (sulfide) groups is 1. The van der Waals surface area contributed by atoms with Crippen molar-refractivity contribution in [2.75, 3.05) is 12.3 Å².